The minimum Gasteiger partial charge on any atom is -0.409 e. The lowest BCUT2D eigenvalue weighted by atomic mass is 9.78. The van der Waals surface area contributed by atoms with Crippen molar-refractivity contribution in [3.05, 3.63) is 45.7 Å². The van der Waals surface area contributed by atoms with Crippen LogP contribution in [0.25, 0.3) is 0 Å². The molecule has 0 spiro atoms. The van der Waals surface area contributed by atoms with Gasteiger partial charge in [-0.05, 0) is 19.4 Å². The summed E-state index contributed by atoms with van der Waals surface area (Å²) in [5.41, 5.74) is -0.188. The van der Waals surface area contributed by atoms with Crippen LogP contribution in [0.5, 0.6) is 0 Å². The molecule has 10 heteroatoms. The van der Waals surface area contributed by atoms with Gasteiger partial charge in [0, 0.05) is 36.0 Å². The number of hydrogen-bond donors (Lipinski definition) is 4. The number of aromatic nitrogens is 1. The van der Waals surface area contributed by atoms with Crippen LogP contribution in [0.15, 0.2) is 44.6 Å². The highest BCUT2D eigenvalue weighted by Gasteiger charge is 2.54. The molecule has 4 N–H and O–H groups in total. The molecule has 3 heterocycles. The Balaban J connectivity index is 1.62. The fourth-order valence-corrected chi connectivity index (χ4v) is 4.53. The molecule has 2 aliphatic heterocycles. The van der Waals surface area contributed by atoms with Crippen LogP contribution in [0.3, 0.4) is 0 Å². The second kappa shape index (κ2) is 7.54. The first-order chi connectivity index (χ1) is 13.8. The van der Waals surface area contributed by atoms with Crippen LogP contribution in [0.4, 0.5) is 0 Å². The summed E-state index contributed by atoms with van der Waals surface area (Å²) < 4.78 is 7.65. The number of oxime groups is 1. The summed E-state index contributed by atoms with van der Waals surface area (Å²) in [7, 11) is 0. The normalized spacial score (nSPS) is 35.2. The number of aliphatic hydroxyl groups is 3. The fourth-order valence-electron chi connectivity index (χ4n) is 4.15. The number of ether oxygens (including phenoxy) is 1. The van der Waals surface area contributed by atoms with Gasteiger partial charge in [0.1, 0.15) is 18.3 Å². The molecule has 0 saturated carbocycles. The summed E-state index contributed by atoms with van der Waals surface area (Å²) in [6.07, 6.45) is 2.85. The van der Waals surface area contributed by atoms with Gasteiger partial charge in [0.25, 0.3) is 0 Å². The molecule has 1 unspecified atom stereocenters. The van der Waals surface area contributed by atoms with Gasteiger partial charge in [-0.1, -0.05) is 40.5 Å². The predicted octanol–water partition coefficient (Wildman–Crippen LogP) is 1.89. The van der Waals surface area contributed by atoms with Crippen molar-refractivity contribution < 1.29 is 25.3 Å². The van der Waals surface area contributed by atoms with Gasteiger partial charge in [-0.25, -0.2) is 4.99 Å². The van der Waals surface area contributed by atoms with Gasteiger partial charge in [-0.3, -0.25) is 0 Å². The van der Waals surface area contributed by atoms with E-state index >= 15 is 0 Å². The number of fused-ring (bicyclic) bond motifs is 1. The van der Waals surface area contributed by atoms with E-state index in [9.17, 15) is 15.3 Å². The van der Waals surface area contributed by atoms with Crippen molar-refractivity contribution in [2.45, 2.75) is 49.9 Å². The van der Waals surface area contributed by atoms with E-state index in [-0.39, 0.29) is 5.84 Å². The molecule has 4 rings (SSSR count). The summed E-state index contributed by atoms with van der Waals surface area (Å²) in [5.74, 6) is -0.297. The van der Waals surface area contributed by atoms with Gasteiger partial charge in [0.05, 0.1) is 15.7 Å². The zero-order valence-corrected chi connectivity index (χ0v) is 17.0. The number of hydrogen-bond acceptors (Lipinski definition) is 6. The van der Waals surface area contributed by atoms with Crippen molar-refractivity contribution in [2.75, 3.05) is 0 Å². The van der Waals surface area contributed by atoms with Crippen molar-refractivity contribution in [1.82, 2.24) is 4.57 Å². The Morgan fingerprint density at radius 2 is 2.03 bits per heavy atom. The lowest BCUT2D eigenvalue weighted by Crippen LogP contribution is -2.51. The van der Waals surface area contributed by atoms with Crippen LogP contribution in [-0.4, -0.2) is 61.1 Å². The zero-order chi connectivity index (χ0) is 20.9. The van der Waals surface area contributed by atoms with Gasteiger partial charge in [0.15, 0.2) is 12.1 Å². The van der Waals surface area contributed by atoms with E-state index < -0.39 is 36.1 Å². The number of nitrogens with zero attached hydrogens (tertiary/aromatic N) is 3. The number of amidine groups is 1. The van der Waals surface area contributed by atoms with E-state index in [0.717, 1.165) is 5.69 Å². The van der Waals surface area contributed by atoms with Crippen molar-refractivity contribution in [3.8, 4) is 0 Å². The largest absolute Gasteiger partial charge is 0.409 e. The Labute approximate surface area is 177 Å². The standard InChI is InChI=1S/C19H21Cl2N3O5/c1-19(27,9-2-3-11(20)12(21)8-9)16-14(25)15(26)18(29-16)24-7-5-10-13(24)4-6-22-17(10)23-28/h3,5-9,14-16,18,25-28H,2,4H2,1H3/b23-17+/t9?,14-,15+,16-,18+,19+/m0/s1. The van der Waals surface area contributed by atoms with Gasteiger partial charge >= 0.3 is 0 Å². The van der Waals surface area contributed by atoms with E-state index in [1.165, 1.54) is 0 Å². The van der Waals surface area contributed by atoms with Crippen LogP contribution < -0.4 is 0 Å². The van der Waals surface area contributed by atoms with E-state index in [2.05, 4.69) is 10.1 Å². The quantitative estimate of drug-likeness (QED) is 0.421. The molecule has 1 aromatic heterocycles. The van der Waals surface area contributed by atoms with Crippen LogP contribution in [0, 0.1) is 5.92 Å². The molecular weight excluding hydrogens is 421 g/mol. The molecule has 6 atom stereocenters. The number of allylic oxidation sites excluding steroid dienone is 3. The van der Waals surface area contributed by atoms with Gasteiger partial charge < -0.3 is 29.8 Å². The minimum atomic E-state index is -1.52. The molecule has 1 aromatic rings. The Kier molecular flexibility index (Phi) is 5.35. The highest BCUT2D eigenvalue weighted by molar-refractivity contribution is 6.44. The number of rotatable bonds is 3. The molecule has 0 bridgehead atoms. The first kappa shape index (κ1) is 20.6. The summed E-state index contributed by atoms with van der Waals surface area (Å²) in [6.45, 7) is 1.54. The lowest BCUT2D eigenvalue weighted by molar-refractivity contribution is -0.148. The average Bonchev–Trinajstić information content (AvgIpc) is 3.25. The molecule has 1 fully saturated rings. The molecule has 29 heavy (non-hydrogen) atoms. The van der Waals surface area contributed by atoms with Crippen LogP contribution in [0.2, 0.25) is 0 Å². The van der Waals surface area contributed by atoms with Crippen molar-refractivity contribution in [1.29, 1.82) is 0 Å². The molecular formula is C19H21Cl2N3O5. The number of aliphatic hydroxyl groups excluding tert-OH is 2. The molecule has 3 aliphatic rings. The summed E-state index contributed by atoms with van der Waals surface area (Å²) in [5, 5.41) is 45.6. The van der Waals surface area contributed by atoms with Gasteiger partial charge in [-0.2, -0.15) is 0 Å². The molecule has 0 aromatic carbocycles. The Bertz CT molecular complexity index is 936. The van der Waals surface area contributed by atoms with Gasteiger partial charge in [0.2, 0.25) is 0 Å². The van der Waals surface area contributed by atoms with Crippen molar-refractivity contribution in [2.24, 2.45) is 16.1 Å². The van der Waals surface area contributed by atoms with Crippen molar-refractivity contribution >= 4 is 35.3 Å². The van der Waals surface area contributed by atoms with Crippen LogP contribution >= 0.6 is 23.2 Å². The van der Waals surface area contributed by atoms with E-state index in [0.29, 0.717) is 28.5 Å². The van der Waals surface area contributed by atoms with E-state index in [1.807, 2.05) is 0 Å². The highest BCUT2D eigenvalue weighted by atomic mass is 35.5. The third kappa shape index (κ3) is 3.34. The second-order valence-electron chi connectivity index (χ2n) is 7.59. The molecule has 1 aliphatic carbocycles. The summed E-state index contributed by atoms with van der Waals surface area (Å²) >= 11 is 12.1. The first-order valence-electron chi connectivity index (χ1n) is 9.17. The number of aliphatic imine (C=N–C) groups is 1. The second-order valence-corrected chi connectivity index (χ2v) is 8.40. The Hall–Kier alpha value is -1.68. The molecule has 1 saturated heterocycles. The molecule has 0 radical (unpaired) electrons. The van der Waals surface area contributed by atoms with Crippen molar-refractivity contribution in [3.63, 3.8) is 0 Å². The molecule has 8 nitrogen and oxygen atoms in total. The number of halogens is 2. The van der Waals surface area contributed by atoms with E-state index in [1.54, 1.807) is 42.1 Å². The molecule has 0 amide bonds. The SMILES string of the molecule is C[C@@](O)(C1C=C(Cl)C(Cl)=CC1)[C@H]1O[C@@H](n2ccc3c2CC=N/C3=N/O)[C@H](O)[C@@H]1O. The fraction of sp³-hybridized carbons (Fsp3) is 0.474. The molecule has 156 valence electrons. The monoisotopic (exact) mass is 441 g/mol. The van der Waals surface area contributed by atoms with Gasteiger partial charge in [-0.15, -0.1) is 0 Å². The third-order valence-electron chi connectivity index (χ3n) is 5.82. The Morgan fingerprint density at radius 3 is 2.72 bits per heavy atom. The predicted molar refractivity (Wildman–Crippen MR) is 107 cm³/mol. The van der Waals surface area contributed by atoms with Crippen LogP contribution in [-0.2, 0) is 11.2 Å². The topological polar surface area (TPSA) is 120 Å². The minimum absolute atomic E-state index is 0.159. The van der Waals surface area contributed by atoms with E-state index in [4.69, 9.17) is 33.1 Å². The maximum atomic E-state index is 11.2. The smallest absolute Gasteiger partial charge is 0.199 e. The lowest BCUT2D eigenvalue weighted by Gasteiger charge is -2.38. The average molecular weight is 442 g/mol. The third-order valence-corrected chi connectivity index (χ3v) is 6.61. The summed E-state index contributed by atoms with van der Waals surface area (Å²) in [4.78, 5) is 4.03. The summed E-state index contributed by atoms with van der Waals surface area (Å²) in [6, 6.07) is 1.70. The zero-order valence-electron chi connectivity index (χ0n) is 15.5. The maximum Gasteiger partial charge on any atom is 0.199 e. The maximum absolute atomic E-state index is 11.2. The first-order valence-corrected chi connectivity index (χ1v) is 9.93. The Morgan fingerprint density at radius 1 is 1.28 bits per heavy atom. The highest BCUT2D eigenvalue weighted by Crippen LogP contribution is 2.42. The van der Waals surface area contributed by atoms with Crippen LogP contribution in [0.1, 0.15) is 30.8 Å².